The Labute approximate surface area is 822 Å². The Kier molecular flexibility index (Phi) is 54.4. The topological polar surface area (TPSA) is 613 Å². The molecule has 4 aliphatic rings. The molecule has 0 spiro atoms. The minimum absolute atomic E-state index is 0.00624. The fourth-order valence-corrected chi connectivity index (χ4v) is 15.5. The van der Waals surface area contributed by atoms with Gasteiger partial charge in [0.15, 0.2) is 61.3 Å². The number of benzene rings is 1. The van der Waals surface area contributed by atoms with E-state index in [1.807, 2.05) is 0 Å². The lowest BCUT2D eigenvalue weighted by atomic mass is 9.96. The van der Waals surface area contributed by atoms with Crippen molar-refractivity contribution in [2.24, 2.45) is 0 Å². The van der Waals surface area contributed by atoms with Crippen LogP contribution < -0.4 is 57.9 Å². The number of amides is 9. The molecule has 9 amide bonds. The van der Waals surface area contributed by atoms with Crippen LogP contribution in [0.15, 0.2) is 0 Å². The molecular weight excluding hydrogens is 1920 g/mol. The molecule has 3 saturated heterocycles. The molecule has 3 heterocycles. The van der Waals surface area contributed by atoms with E-state index in [2.05, 4.69) is 57.9 Å². The Balaban J connectivity index is 1.25. The predicted molar refractivity (Wildman–Crippen MR) is 478 cm³/mol. The van der Waals surface area contributed by atoms with Gasteiger partial charge < -0.3 is 129 Å². The van der Waals surface area contributed by atoms with E-state index in [1.165, 1.54) is 25.7 Å². The highest BCUT2D eigenvalue weighted by Crippen LogP contribution is 2.35. The van der Waals surface area contributed by atoms with E-state index in [-0.39, 0.29) is 148 Å². The molecule has 18 unspecified atom stereocenters. The van der Waals surface area contributed by atoms with E-state index in [0.717, 1.165) is 62.3 Å². The minimum atomic E-state index is -2.48. The van der Waals surface area contributed by atoms with Crippen LogP contribution in [0.5, 0.6) is 5.75 Å². The van der Waals surface area contributed by atoms with Gasteiger partial charge in [-0.1, -0.05) is 19.3 Å². The number of hydrogen-bond donors (Lipinski definition) is 10. The van der Waals surface area contributed by atoms with Crippen molar-refractivity contribution in [3.8, 4) is 5.75 Å². The summed E-state index contributed by atoms with van der Waals surface area (Å²) < 4.78 is 159. The lowest BCUT2D eigenvalue weighted by Crippen LogP contribution is -2.66. The monoisotopic (exact) mass is 2050 g/mol. The van der Waals surface area contributed by atoms with Crippen molar-refractivity contribution in [3.63, 3.8) is 0 Å². The van der Waals surface area contributed by atoms with E-state index >= 15 is 0 Å². The molecule has 47 nitrogen and oxygen atoms in total. The molecule has 0 bridgehead atoms. The zero-order valence-electron chi connectivity index (χ0n) is 82.2. The van der Waals surface area contributed by atoms with Crippen LogP contribution in [0.25, 0.3) is 0 Å². The molecule has 5 rings (SSSR count). The summed E-state index contributed by atoms with van der Waals surface area (Å²) >= 11 is 0. The summed E-state index contributed by atoms with van der Waals surface area (Å²) in [6, 6.07) is -6.97. The van der Waals surface area contributed by atoms with Crippen LogP contribution in [-0.2, 0) is 167 Å². The first kappa shape index (κ1) is 122. The average molecular weight is 2050 g/mol. The smallest absolute Gasteiger partial charge is 0.311 e. The molecule has 1 saturated carbocycles. The van der Waals surface area contributed by atoms with Crippen molar-refractivity contribution < 1.29 is 194 Å². The third kappa shape index (κ3) is 44.9. The van der Waals surface area contributed by atoms with Gasteiger partial charge in [-0.05, 0) is 90.0 Å². The number of esters is 10. The van der Waals surface area contributed by atoms with Gasteiger partial charge in [-0.25, -0.2) is 13.2 Å². The highest BCUT2D eigenvalue weighted by Gasteiger charge is 2.57. The van der Waals surface area contributed by atoms with Gasteiger partial charge in [-0.3, -0.25) is 101 Å². The number of nitrogens with one attached hydrogen (secondary N) is 10. The number of unbranched alkanes of at least 4 members (excludes halogenated alkanes) is 7. The Morgan fingerprint density at radius 1 is 0.329 bits per heavy atom. The van der Waals surface area contributed by atoms with Crippen molar-refractivity contribution in [2.45, 2.75) is 328 Å². The zero-order valence-corrected chi connectivity index (χ0v) is 82.2. The van der Waals surface area contributed by atoms with E-state index in [4.69, 9.17) is 71.1 Å². The Morgan fingerprint density at radius 2 is 0.636 bits per heavy atom. The standard InChI is InChI=1S/C91H134F5N11O36/c1-48(108)104-76-85(137-57(10)117)81(134-54(7)114)61(45-131-51(4)111)140-89(76)128-41-21-13-16-29-64(120)98-35-25-38-101-68(124)44-107(79-75(80(79)126)102-39-26-36-99-65(121)30-17-14-22-42-129-90-77(105-49(2)109)86(138-58(11)118)82(135-55(8)115)62(141-90)46-132-52(5)112)60(28-19-20-34-97-67(123)32-24-33-69(125)143-84-73(95)71(93)70(92)72(94)74(84)96)88(127)103-40-27-37-100-66(122)31-18-15-23-43-130-91-78(106-50(3)110)87(139-59(12)119)83(136-56(9)116)63(142-91)47-133-53(6)113/h60-63,75-79,81-83,85-87,89-91,102H,13-47H2,1-12H3,(H,97,123)(H,98,120)(H,99,121)(H,100,122)(H,101,124)(H,103,127)(H,104,108)(H,105,109)(H,106,110). The largest absolute Gasteiger partial charge is 0.463 e. The van der Waals surface area contributed by atoms with E-state index < -0.39 is 285 Å². The third-order valence-electron chi connectivity index (χ3n) is 21.8. The summed E-state index contributed by atoms with van der Waals surface area (Å²) in [5.74, 6) is -27.3. The Bertz CT molecular complexity index is 4460. The highest BCUT2D eigenvalue weighted by atomic mass is 19.2. The maximum absolute atomic E-state index is 14.8. The van der Waals surface area contributed by atoms with Crippen molar-refractivity contribution in [1.82, 2.24) is 58.1 Å². The highest BCUT2D eigenvalue weighted by molar-refractivity contribution is 6.08. The van der Waals surface area contributed by atoms with Crippen molar-refractivity contribution in [3.05, 3.63) is 29.1 Å². The van der Waals surface area contributed by atoms with Gasteiger partial charge in [0.2, 0.25) is 88.0 Å². The first-order valence-electron chi connectivity index (χ1n) is 47.2. The first-order chi connectivity index (χ1) is 67.8. The number of halogens is 5. The normalized spacial score (nSPS) is 22.3. The van der Waals surface area contributed by atoms with Crippen LogP contribution in [0, 0.1) is 29.1 Å². The molecule has 0 aromatic heterocycles. The van der Waals surface area contributed by atoms with Gasteiger partial charge in [-0.15, -0.1) is 0 Å². The van der Waals surface area contributed by atoms with Gasteiger partial charge in [0.25, 0.3) is 0 Å². The number of carbonyl (C=O) groups excluding carboxylic acids is 20. The third-order valence-corrected chi connectivity index (χ3v) is 21.8. The number of ether oxygens (including phenoxy) is 16. The first-order valence-corrected chi connectivity index (χ1v) is 47.2. The number of hydrogen-bond acceptors (Lipinski definition) is 38. The summed E-state index contributed by atoms with van der Waals surface area (Å²) in [6.45, 7) is 11.8. The fourth-order valence-electron chi connectivity index (χ4n) is 15.5. The molecule has 18 atom stereocenters. The predicted octanol–water partition coefficient (Wildman–Crippen LogP) is 0.775. The van der Waals surface area contributed by atoms with Gasteiger partial charge in [0, 0.05) is 174 Å². The fraction of sp³-hybridized carbons (Fsp3) is 0.714. The van der Waals surface area contributed by atoms with Crippen molar-refractivity contribution >= 4 is 119 Å². The molecule has 3 aliphatic heterocycles. The van der Waals surface area contributed by atoms with Crippen LogP contribution in [0.2, 0.25) is 0 Å². The number of Topliss-reactive ketones (excluding diaryl/α,β-unsaturated/α-hetero) is 1. The lowest BCUT2D eigenvalue weighted by Gasteiger charge is -2.44. The number of carbonyl (C=O) groups is 20. The quantitative estimate of drug-likeness (QED) is 0.00819. The molecule has 1 aliphatic carbocycles. The number of ketones is 1. The molecular formula is C91H134F5N11O36. The van der Waals surface area contributed by atoms with Crippen LogP contribution >= 0.6 is 0 Å². The molecule has 1 aromatic carbocycles. The maximum atomic E-state index is 14.8. The second-order valence-corrected chi connectivity index (χ2v) is 34.0. The SMILES string of the molecule is CC(=O)NC1C(OCCCCCC(=O)NCCCNC(=O)CN(C(CCCCNC(=O)CCCC(=O)Oc2c(F)c(F)c(F)c(F)c2F)C(=O)NCCCNC(=O)CCCCCOC2OC(COC(C)=O)C(OC(C)=O)C(OC(C)=O)C2NC(C)=O)C2C(=O)C2NCCCNC(=O)CCCCCOC2OC(COC(C)=O)C(OC(C)=O)C(OC(C)=O)C2NC(C)=O)OC(COC(C)=O)C(OC(C)=O)C1OC(C)=O. The molecule has 52 heteroatoms. The lowest BCUT2D eigenvalue weighted by molar-refractivity contribution is -0.277. The number of nitrogens with zero attached hydrogens (tertiary/aromatic N) is 1. The average Bonchev–Trinajstić information content (AvgIpc) is 1.59. The maximum Gasteiger partial charge on any atom is 0.311 e. The molecule has 0 radical (unpaired) electrons. The summed E-state index contributed by atoms with van der Waals surface area (Å²) in [5, 5.41) is 27.6. The minimum Gasteiger partial charge on any atom is -0.463 e. The van der Waals surface area contributed by atoms with E-state index in [9.17, 15) is 118 Å². The van der Waals surface area contributed by atoms with E-state index in [1.54, 1.807) is 0 Å². The van der Waals surface area contributed by atoms with Crippen molar-refractivity contribution in [1.29, 1.82) is 0 Å². The van der Waals surface area contributed by atoms with Crippen LogP contribution in [0.4, 0.5) is 22.0 Å². The van der Waals surface area contributed by atoms with Gasteiger partial charge in [0.1, 0.15) is 56.3 Å². The van der Waals surface area contributed by atoms with Crippen LogP contribution in [-0.4, -0.2) is 326 Å². The summed E-state index contributed by atoms with van der Waals surface area (Å²) in [7, 11) is 0. The second-order valence-electron chi connectivity index (χ2n) is 34.0. The van der Waals surface area contributed by atoms with Crippen molar-refractivity contribution in [2.75, 3.05) is 92.0 Å². The molecule has 1 aromatic rings. The summed E-state index contributed by atoms with van der Waals surface area (Å²) in [4.78, 5) is 256. The van der Waals surface area contributed by atoms with Crippen LogP contribution in [0.3, 0.4) is 0 Å². The number of rotatable bonds is 64. The Morgan fingerprint density at radius 3 is 0.972 bits per heavy atom. The van der Waals surface area contributed by atoms with E-state index in [0.29, 0.717) is 57.8 Å². The zero-order chi connectivity index (χ0) is 106. The molecule has 10 N–H and O–H groups in total. The molecule has 4 fully saturated rings. The molecule has 804 valence electrons. The summed E-state index contributed by atoms with van der Waals surface area (Å²) in [6.07, 6.45) is -12.7. The Hall–Kier alpha value is -11.8. The van der Waals surface area contributed by atoms with Gasteiger partial charge in [0.05, 0.1) is 24.7 Å². The second kappa shape index (κ2) is 64.0. The molecule has 143 heavy (non-hydrogen) atoms. The van der Waals surface area contributed by atoms with Gasteiger partial charge >= 0.3 is 59.7 Å². The van der Waals surface area contributed by atoms with Gasteiger partial charge in [-0.2, -0.15) is 8.78 Å². The van der Waals surface area contributed by atoms with Crippen LogP contribution in [0.1, 0.15) is 218 Å². The summed E-state index contributed by atoms with van der Waals surface area (Å²) in [5.41, 5.74) is 0.